The van der Waals surface area contributed by atoms with Crippen LogP contribution in [0.2, 0.25) is 0 Å². The molecular weight excluding hydrogens is 230 g/mol. The lowest BCUT2D eigenvalue weighted by Crippen LogP contribution is -2.30. The van der Waals surface area contributed by atoms with Crippen LogP contribution in [0.3, 0.4) is 0 Å². The molecule has 1 aliphatic heterocycles. The van der Waals surface area contributed by atoms with Gasteiger partial charge in [0.15, 0.2) is 0 Å². The van der Waals surface area contributed by atoms with Gasteiger partial charge in [0.05, 0.1) is 12.7 Å². The maximum atomic E-state index is 11.6. The largest absolute Gasteiger partial charge is 0.354 e. The highest BCUT2D eigenvalue weighted by Crippen LogP contribution is 2.17. The predicted molar refractivity (Wildman–Crippen MR) is 67.9 cm³/mol. The third kappa shape index (κ3) is 4.44. The number of aromatic nitrogens is 3. The Morgan fingerprint density at radius 2 is 2.28 bits per heavy atom. The second kappa shape index (κ2) is 7.10. The second-order valence-corrected chi connectivity index (χ2v) is 4.75. The molecule has 1 amide bonds. The van der Waals surface area contributed by atoms with E-state index in [4.69, 9.17) is 0 Å². The van der Waals surface area contributed by atoms with E-state index in [0.717, 1.165) is 19.5 Å². The predicted octanol–water partition coefficient (Wildman–Crippen LogP) is 0.174. The molecule has 6 nitrogen and oxygen atoms in total. The van der Waals surface area contributed by atoms with Gasteiger partial charge in [0.2, 0.25) is 5.91 Å². The van der Waals surface area contributed by atoms with Crippen LogP contribution < -0.4 is 10.6 Å². The van der Waals surface area contributed by atoms with Crippen LogP contribution in [0.4, 0.5) is 0 Å². The van der Waals surface area contributed by atoms with Crippen LogP contribution in [-0.2, 0) is 11.3 Å². The molecule has 1 aromatic heterocycles. The number of piperidine rings is 1. The van der Waals surface area contributed by atoms with Gasteiger partial charge < -0.3 is 10.6 Å². The molecule has 2 N–H and O–H groups in total. The van der Waals surface area contributed by atoms with Crippen molar-refractivity contribution in [1.29, 1.82) is 0 Å². The van der Waals surface area contributed by atoms with Crippen LogP contribution >= 0.6 is 0 Å². The Labute approximate surface area is 107 Å². The van der Waals surface area contributed by atoms with Gasteiger partial charge in [-0.1, -0.05) is 5.21 Å². The van der Waals surface area contributed by atoms with Gasteiger partial charge in [-0.15, -0.1) is 5.10 Å². The van der Waals surface area contributed by atoms with Crippen molar-refractivity contribution in [2.75, 3.05) is 19.6 Å². The molecule has 2 rings (SSSR count). The summed E-state index contributed by atoms with van der Waals surface area (Å²) in [4.78, 5) is 11.6. The first kappa shape index (κ1) is 13.0. The van der Waals surface area contributed by atoms with Gasteiger partial charge in [-0.3, -0.25) is 9.48 Å². The number of nitrogens with one attached hydrogen (secondary N) is 2. The minimum absolute atomic E-state index is 0.147. The number of rotatable bonds is 6. The van der Waals surface area contributed by atoms with Crippen molar-refractivity contribution in [2.24, 2.45) is 5.92 Å². The fraction of sp³-hybridized carbons (Fsp3) is 0.750. The van der Waals surface area contributed by atoms with Crippen LogP contribution in [0.25, 0.3) is 0 Å². The number of nitrogens with zero attached hydrogens (tertiary/aromatic N) is 3. The average Bonchev–Trinajstić information content (AvgIpc) is 2.91. The Morgan fingerprint density at radius 3 is 3.00 bits per heavy atom. The quantitative estimate of drug-likeness (QED) is 0.756. The molecule has 0 radical (unpaired) electrons. The molecule has 18 heavy (non-hydrogen) atoms. The van der Waals surface area contributed by atoms with Gasteiger partial charge in [-0.05, 0) is 38.3 Å². The van der Waals surface area contributed by atoms with Crippen molar-refractivity contribution in [3.63, 3.8) is 0 Å². The Balaban J connectivity index is 1.54. The summed E-state index contributed by atoms with van der Waals surface area (Å²) in [7, 11) is 0. The first-order chi connectivity index (χ1) is 8.84. The van der Waals surface area contributed by atoms with Gasteiger partial charge in [0, 0.05) is 19.2 Å². The van der Waals surface area contributed by atoms with E-state index in [-0.39, 0.29) is 5.91 Å². The summed E-state index contributed by atoms with van der Waals surface area (Å²) in [5.41, 5.74) is 0. The van der Waals surface area contributed by atoms with Crippen LogP contribution in [0.15, 0.2) is 12.4 Å². The molecular formula is C12H21N5O. The van der Waals surface area contributed by atoms with Gasteiger partial charge >= 0.3 is 0 Å². The highest BCUT2D eigenvalue weighted by atomic mass is 16.1. The third-order valence-corrected chi connectivity index (χ3v) is 3.37. The zero-order valence-corrected chi connectivity index (χ0v) is 10.6. The van der Waals surface area contributed by atoms with Crippen molar-refractivity contribution >= 4 is 5.91 Å². The number of hydrogen-bond acceptors (Lipinski definition) is 4. The Hall–Kier alpha value is -1.43. The monoisotopic (exact) mass is 251 g/mol. The van der Waals surface area contributed by atoms with Crippen LogP contribution in [0.1, 0.15) is 25.7 Å². The molecule has 1 fully saturated rings. The SMILES string of the molecule is O=C(CCC1CCNCC1)NCCn1ccnn1. The highest BCUT2D eigenvalue weighted by molar-refractivity contribution is 5.75. The number of amides is 1. The fourth-order valence-electron chi connectivity index (χ4n) is 2.26. The molecule has 1 aromatic rings. The van der Waals surface area contributed by atoms with Gasteiger partial charge in [-0.25, -0.2) is 0 Å². The topological polar surface area (TPSA) is 71.8 Å². The van der Waals surface area contributed by atoms with Crippen LogP contribution in [0, 0.1) is 5.92 Å². The maximum absolute atomic E-state index is 11.6. The van der Waals surface area contributed by atoms with Crippen LogP contribution in [0.5, 0.6) is 0 Å². The minimum atomic E-state index is 0.147. The number of carbonyl (C=O) groups is 1. The molecule has 100 valence electrons. The van der Waals surface area contributed by atoms with Crippen molar-refractivity contribution in [3.8, 4) is 0 Å². The molecule has 0 aromatic carbocycles. The lowest BCUT2D eigenvalue weighted by Gasteiger charge is -2.22. The molecule has 0 spiro atoms. The summed E-state index contributed by atoms with van der Waals surface area (Å²) in [6, 6.07) is 0. The first-order valence-electron chi connectivity index (χ1n) is 6.66. The van der Waals surface area contributed by atoms with Gasteiger partial charge in [0.1, 0.15) is 0 Å². The molecule has 0 unspecified atom stereocenters. The van der Waals surface area contributed by atoms with E-state index in [2.05, 4.69) is 20.9 Å². The van der Waals surface area contributed by atoms with Crippen molar-refractivity contribution < 1.29 is 4.79 Å². The highest BCUT2D eigenvalue weighted by Gasteiger charge is 2.14. The van der Waals surface area contributed by atoms with Crippen LogP contribution in [-0.4, -0.2) is 40.5 Å². The lowest BCUT2D eigenvalue weighted by atomic mass is 9.93. The Morgan fingerprint density at radius 1 is 1.44 bits per heavy atom. The molecule has 0 aliphatic carbocycles. The van der Waals surface area contributed by atoms with E-state index in [1.165, 1.54) is 12.8 Å². The van der Waals surface area contributed by atoms with E-state index in [9.17, 15) is 4.79 Å². The molecule has 1 saturated heterocycles. The lowest BCUT2D eigenvalue weighted by molar-refractivity contribution is -0.121. The summed E-state index contributed by atoms with van der Waals surface area (Å²) in [6.45, 7) is 3.49. The molecule has 6 heteroatoms. The maximum Gasteiger partial charge on any atom is 0.220 e. The van der Waals surface area contributed by atoms with E-state index in [1.807, 2.05) is 0 Å². The fourth-order valence-corrected chi connectivity index (χ4v) is 2.26. The average molecular weight is 251 g/mol. The minimum Gasteiger partial charge on any atom is -0.354 e. The van der Waals surface area contributed by atoms with E-state index in [1.54, 1.807) is 17.1 Å². The van der Waals surface area contributed by atoms with Gasteiger partial charge in [0.25, 0.3) is 0 Å². The van der Waals surface area contributed by atoms with Crippen molar-refractivity contribution in [1.82, 2.24) is 25.6 Å². The Bertz CT molecular complexity index is 345. The first-order valence-corrected chi connectivity index (χ1v) is 6.66. The summed E-state index contributed by atoms with van der Waals surface area (Å²) in [5.74, 6) is 0.862. The molecule has 0 atom stereocenters. The van der Waals surface area contributed by atoms with Gasteiger partial charge in [-0.2, -0.15) is 0 Å². The molecule has 1 aliphatic rings. The normalized spacial score (nSPS) is 16.7. The van der Waals surface area contributed by atoms with E-state index >= 15 is 0 Å². The van der Waals surface area contributed by atoms with Crippen molar-refractivity contribution in [2.45, 2.75) is 32.2 Å². The molecule has 2 heterocycles. The number of hydrogen-bond donors (Lipinski definition) is 2. The zero-order valence-electron chi connectivity index (χ0n) is 10.6. The Kier molecular flexibility index (Phi) is 5.14. The number of carbonyl (C=O) groups excluding carboxylic acids is 1. The molecule has 0 bridgehead atoms. The summed E-state index contributed by atoms with van der Waals surface area (Å²) in [5, 5.41) is 13.8. The van der Waals surface area contributed by atoms with Crippen molar-refractivity contribution in [3.05, 3.63) is 12.4 Å². The van der Waals surface area contributed by atoms with E-state index in [0.29, 0.717) is 25.4 Å². The second-order valence-electron chi connectivity index (χ2n) is 4.75. The molecule has 0 saturated carbocycles. The smallest absolute Gasteiger partial charge is 0.220 e. The zero-order chi connectivity index (χ0) is 12.6. The summed E-state index contributed by atoms with van der Waals surface area (Å²) >= 11 is 0. The standard InChI is InChI=1S/C12H21N5O/c18-12(2-1-11-3-5-13-6-4-11)14-7-9-17-10-8-15-16-17/h8,10-11,13H,1-7,9H2,(H,14,18). The summed E-state index contributed by atoms with van der Waals surface area (Å²) < 4.78 is 1.72. The van der Waals surface area contributed by atoms with E-state index < -0.39 is 0 Å². The third-order valence-electron chi connectivity index (χ3n) is 3.37. The summed E-state index contributed by atoms with van der Waals surface area (Å²) in [6.07, 6.45) is 7.48.